The van der Waals surface area contributed by atoms with Gasteiger partial charge in [0.15, 0.2) is 11.6 Å². The van der Waals surface area contributed by atoms with Crippen molar-refractivity contribution >= 4 is 0 Å². The maximum atomic E-state index is 13.2. The molecule has 1 heterocycles. The summed E-state index contributed by atoms with van der Waals surface area (Å²) in [7, 11) is 0. The van der Waals surface area contributed by atoms with E-state index >= 15 is 0 Å². The molecule has 0 amide bonds. The first-order chi connectivity index (χ1) is 8.94. The number of nitriles is 1. The van der Waals surface area contributed by atoms with Crippen LogP contribution in [0.5, 0.6) is 0 Å². The highest BCUT2D eigenvalue weighted by molar-refractivity contribution is 5.58. The van der Waals surface area contributed by atoms with Crippen LogP contribution in [-0.2, 0) is 5.41 Å². The van der Waals surface area contributed by atoms with Gasteiger partial charge in [-0.15, -0.1) is 0 Å². The van der Waals surface area contributed by atoms with Gasteiger partial charge in [-0.3, -0.25) is 0 Å². The third-order valence-corrected chi connectivity index (χ3v) is 2.71. The van der Waals surface area contributed by atoms with Crippen LogP contribution in [0.1, 0.15) is 19.7 Å². The summed E-state index contributed by atoms with van der Waals surface area (Å²) < 4.78 is 26.1. The minimum Gasteiger partial charge on any atom is -0.240 e. The van der Waals surface area contributed by atoms with E-state index in [1.54, 1.807) is 19.9 Å². The topological polar surface area (TPSA) is 49.6 Å². The van der Waals surface area contributed by atoms with Gasteiger partial charge in [-0.1, -0.05) is 0 Å². The van der Waals surface area contributed by atoms with Gasteiger partial charge in [-0.25, -0.2) is 18.7 Å². The smallest absolute Gasteiger partial charge is 0.159 e. The maximum absolute atomic E-state index is 13.2. The summed E-state index contributed by atoms with van der Waals surface area (Å²) in [4.78, 5) is 8.28. The van der Waals surface area contributed by atoms with E-state index in [1.165, 1.54) is 12.3 Å². The molecule has 19 heavy (non-hydrogen) atoms. The first-order valence-electron chi connectivity index (χ1n) is 5.64. The summed E-state index contributed by atoms with van der Waals surface area (Å²) in [6.45, 7) is 3.38. The maximum Gasteiger partial charge on any atom is 0.159 e. The molecule has 0 saturated heterocycles. The predicted molar refractivity (Wildman–Crippen MR) is 66.0 cm³/mol. The van der Waals surface area contributed by atoms with Crippen molar-refractivity contribution in [2.24, 2.45) is 0 Å². The molecule has 5 heteroatoms. The van der Waals surface area contributed by atoms with Crippen LogP contribution in [0, 0.1) is 23.0 Å². The molecule has 0 bridgehead atoms. The summed E-state index contributed by atoms with van der Waals surface area (Å²) in [6.07, 6.45) is 1.50. The Morgan fingerprint density at radius 3 is 2.53 bits per heavy atom. The molecule has 1 aromatic carbocycles. The molecule has 0 radical (unpaired) electrons. The molecule has 0 atom stereocenters. The molecule has 1 aromatic heterocycles. The fourth-order valence-electron chi connectivity index (χ4n) is 1.53. The summed E-state index contributed by atoms with van der Waals surface area (Å²) >= 11 is 0. The molecule has 0 saturated carbocycles. The lowest BCUT2D eigenvalue weighted by molar-refractivity contribution is 0.509. The Bertz CT molecular complexity index is 660. The number of nitrogens with zero attached hydrogens (tertiary/aromatic N) is 3. The Morgan fingerprint density at radius 1 is 1.16 bits per heavy atom. The van der Waals surface area contributed by atoms with Crippen molar-refractivity contribution in [3.05, 3.63) is 47.9 Å². The average molecular weight is 259 g/mol. The standard InChI is InChI=1S/C14H11F2N3/c1-14(2,8-17)13-18-6-5-12(19-13)9-3-4-10(15)11(16)7-9/h3-7H,1-2H3. The van der Waals surface area contributed by atoms with Gasteiger partial charge in [-0.05, 0) is 38.1 Å². The van der Waals surface area contributed by atoms with Crippen molar-refractivity contribution in [2.75, 3.05) is 0 Å². The van der Waals surface area contributed by atoms with Crippen molar-refractivity contribution in [3.63, 3.8) is 0 Å². The molecule has 96 valence electrons. The Hall–Kier alpha value is -2.35. The predicted octanol–water partition coefficient (Wildman–Crippen LogP) is 3.22. The van der Waals surface area contributed by atoms with Crippen molar-refractivity contribution < 1.29 is 8.78 Å². The van der Waals surface area contributed by atoms with Crippen LogP contribution in [0.15, 0.2) is 30.5 Å². The summed E-state index contributed by atoms with van der Waals surface area (Å²) in [6, 6.07) is 7.23. The van der Waals surface area contributed by atoms with Crippen LogP contribution in [0.4, 0.5) is 8.78 Å². The molecular weight excluding hydrogens is 248 g/mol. The molecule has 0 spiro atoms. The van der Waals surface area contributed by atoms with Crippen LogP contribution < -0.4 is 0 Å². The first-order valence-corrected chi connectivity index (χ1v) is 5.64. The lowest BCUT2D eigenvalue weighted by atomic mass is 9.94. The van der Waals surface area contributed by atoms with Gasteiger partial charge in [0.2, 0.25) is 0 Å². The van der Waals surface area contributed by atoms with E-state index in [0.717, 1.165) is 12.1 Å². The van der Waals surface area contributed by atoms with Crippen LogP contribution >= 0.6 is 0 Å². The minimum atomic E-state index is -0.933. The lowest BCUT2D eigenvalue weighted by Gasteiger charge is -2.14. The van der Waals surface area contributed by atoms with E-state index in [4.69, 9.17) is 5.26 Å². The van der Waals surface area contributed by atoms with E-state index in [9.17, 15) is 8.78 Å². The van der Waals surface area contributed by atoms with Gasteiger partial charge in [0.1, 0.15) is 11.2 Å². The average Bonchev–Trinajstić information content (AvgIpc) is 2.42. The quantitative estimate of drug-likeness (QED) is 0.832. The molecule has 3 nitrogen and oxygen atoms in total. The molecule has 0 aliphatic heterocycles. The zero-order valence-corrected chi connectivity index (χ0v) is 10.5. The van der Waals surface area contributed by atoms with Crippen molar-refractivity contribution in [2.45, 2.75) is 19.3 Å². The Balaban J connectivity index is 2.50. The summed E-state index contributed by atoms with van der Waals surface area (Å²) in [5.41, 5.74) is 0.0534. The number of rotatable bonds is 2. The normalized spacial score (nSPS) is 11.1. The molecule has 0 aliphatic rings. The minimum absolute atomic E-state index is 0.345. The first kappa shape index (κ1) is 13.1. The van der Waals surface area contributed by atoms with Gasteiger partial charge >= 0.3 is 0 Å². The number of benzene rings is 1. The monoisotopic (exact) mass is 259 g/mol. The second kappa shape index (κ2) is 4.73. The molecule has 0 fully saturated rings. The van der Waals surface area contributed by atoms with Crippen molar-refractivity contribution in [1.82, 2.24) is 9.97 Å². The fraction of sp³-hybridized carbons (Fsp3) is 0.214. The third kappa shape index (κ3) is 2.58. The summed E-state index contributed by atoms with van der Waals surface area (Å²) in [5.74, 6) is -1.50. The Labute approximate surface area is 109 Å². The van der Waals surface area contributed by atoms with Crippen molar-refractivity contribution in [1.29, 1.82) is 5.26 Å². The second-order valence-corrected chi connectivity index (χ2v) is 4.63. The van der Waals surface area contributed by atoms with Crippen LogP contribution in [-0.4, -0.2) is 9.97 Å². The molecule has 0 N–H and O–H groups in total. The number of halogens is 2. The zero-order chi connectivity index (χ0) is 14.0. The van der Waals surface area contributed by atoms with Gasteiger partial charge in [-0.2, -0.15) is 5.26 Å². The molecule has 2 aromatic rings. The van der Waals surface area contributed by atoms with E-state index in [-0.39, 0.29) is 0 Å². The van der Waals surface area contributed by atoms with Gasteiger partial charge in [0.25, 0.3) is 0 Å². The Morgan fingerprint density at radius 2 is 1.89 bits per heavy atom. The molecular formula is C14H11F2N3. The number of aromatic nitrogens is 2. The van der Waals surface area contributed by atoms with E-state index < -0.39 is 17.0 Å². The number of hydrogen-bond donors (Lipinski definition) is 0. The van der Waals surface area contributed by atoms with Crippen LogP contribution in [0.3, 0.4) is 0 Å². The largest absolute Gasteiger partial charge is 0.240 e. The second-order valence-electron chi connectivity index (χ2n) is 4.63. The fourth-order valence-corrected chi connectivity index (χ4v) is 1.53. The lowest BCUT2D eigenvalue weighted by Crippen LogP contribution is -2.18. The van der Waals surface area contributed by atoms with Crippen LogP contribution in [0.25, 0.3) is 11.3 Å². The zero-order valence-electron chi connectivity index (χ0n) is 10.5. The highest BCUT2D eigenvalue weighted by atomic mass is 19.2. The van der Waals surface area contributed by atoms with E-state index in [2.05, 4.69) is 16.0 Å². The van der Waals surface area contributed by atoms with Crippen molar-refractivity contribution in [3.8, 4) is 17.3 Å². The molecule has 0 unspecified atom stereocenters. The molecule has 0 aliphatic carbocycles. The molecule has 2 rings (SSSR count). The van der Waals surface area contributed by atoms with E-state index in [0.29, 0.717) is 17.1 Å². The van der Waals surface area contributed by atoms with E-state index in [1.807, 2.05) is 0 Å². The van der Waals surface area contributed by atoms with Crippen LogP contribution in [0.2, 0.25) is 0 Å². The third-order valence-electron chi connectivity index (χ3n) is 2.71. The summed E-state index contributed by atoms with van der Waals surface area (Å²) in [5, 5.41) is 9.05. The highest BCUT2D eigenvalue weighted by Gasteiger charge is 2.23. The Kier molecular flexibility index (Phi) is 3.26. The van der Waals surface area contributed by atoms with Gasteiger partial charge in [0.05, 0.1) is 11.8 Å². The SMILES string of the molecule is CC(C)(C#N)c1nccc(-c2ccc(F)c(F)c2)n1. The number of hydrogen-bond acceptors (Lipinski definition) is 3. The van der Waals surface area contributed by atoms with Gasteiger partial charge in [0, 0.05) is 11.8 Å². The highest BCUT2D eigenvalue weighted by Crippen LogP contribution is 2.23. The van der Waals surface area contributed by atoms with Gasteiger partial charge < -0.3 is 0 Å².